The highest BCUT2D eigenvalue weighted by molar-refractivity contribution is 5.93. The third kappa shape index (κ3) is 2.08. The average molecular weight is 259 g/mol. The predicted octanol–water partition coefficient (Wildman–Crippen LogP) is 0.604. The molecule has 3 rings (SSSR count). The van der Waals surface area contributed by atoms with Gasteiger partial charge < -0.3 is 11.1 Å². The van der Waals surface area contributed by atoms with Crippen LogP contribution in [-0.2, 0) is 0 Å². The summed E-state index contributed by atoms with van der Waals surface area (Å²) >= 11 is 0. The summed E-state index contributed by atoms with van der Waals surface area (Å²) in [6.07, 6.45) is 1.95. The Labute approximate surface area is 111 Å². The Morgan fingerprint density at radius 3 is 2.84 bits per heavy atom. The Kier molecular flexibility index (Phi) is 2.94. The van der Waals surface area contributed by atoms with Crippen molar-refractivity contribution in [3.63, 3.8) is 0 Å². The molecule has 1 saturated heterocycles. The van der Waals surface area contributed by atoms with Crippen LogP contribution in [0, 0.1) is 6.92 Å². The van der Waals surface area contributed by atoms with Crippen molar-refractivity contribution in [1.29, 1.82) is 0 Å². The maximum absolute atomic E-state index is 11.8. The van der Waals surface area contributed by atoms with Crippen molar-refractivity contribution < 1.29 is 4.79 Å². The van der Waals surface area contributed by atoms with E-state index in [0.29, 0.717) is 11.3 Å². The van der Waals surface area contributed by atoms with Crippen LogP contribution < -0.4 is 11.1 Å². The minimum absolute atomic E-state index is 0.283. The number of hydrogen-bond donors (Lipinski definition) is 2. The number of piperidine rings is 1. The first-order valence-corrected chi connectivity index (χ1v) is 6.53. The lowest BCUT2D eigenvalue weighted by Gasteiger charge is -2.21. The first-order valence-electron chi connectivity index (χ1n) is 6.53. The van der Waals surface area contributed by atoms with Gasteiger partial charge in [-0.1, -0.05) is 0 Å². The van der Waals surface area contributed by atoms with Crippen molar-refractivity contribution in [1.82, 2.24) is 19.9 Å². The van der Waals surface area contributed by atoms with Gasteiger partial charge in [0.2, 0.25) is 0 Å². The number of aryl methyl sites for hydroxylation is 1. The molecule has 1 amide bonds. The molecule has 2 aromatic rings. The smallest absolute Gasteiger partial charge is 0.269 e. The standard InChI is InChI=1S/C13H17N5O/c1-8-2-3-10-16-11(9-4-6-15-7-5-9)12(13(14)19)18(10)17-8/h2-3,9,15H,4-7H2,1H3,(H2,14,19). The molecule has 6 heteroatoms. The molecule has 6 nitrogen and oxygen atoms in total. The molecule has 0 unspecified atom stereocenters. The first-order chi connectivity index (χ1) is 9.16. The van der Waals surface area contributed by atoms with Crippen molar-refractivity contribution in [3.8, 4) is 0 Å². The number of hydrogen-bond acceptors (Lipinski definition) is 4. The number of nitrogens with zero attached hydrogens (tertiary/aromatic N) is 3. The SMILES string of the molecule is Cc1ccc2nc(C3CCNCC3)c(C(N)=O)n2n1. The second-order valence-corrected chi connectivity index (χ2v) is 4.98. The third-order valence-electron chi connectivity index (χ3n) is 3.60. The molecule has 0 spiro atoms. The summed E-state index contributed by atoms with van der Waals surface area (Å²) in [5, 5.41) is 7.66. The van der Waals surface area contributed by atoms with Crippen LogP contribution in [-0.4, -0.2) is 33.6 Å². The van der Waals surface area contributed by atoms with E-state index >= 15 is 0 Å². The molecule has 1 aliphatic heterocycles. The summed E-state index contributed by atoms with van der Waals surface area (Å²) in [7, 11) is 0. The van der Waals surface area contributed by atoms with Crippen LogP contribution in [0.2, 0.25) is 0 Å². The van der Waals surface area contributed by atoms with Crippen LogP contribution >= 0.6 is 0 Å². The molecule has 19 heavy (non-hydrogen) atoms. The number of imidazole rings is 1. The topological polar surface area (TPSA) is 85.3 Å². The lowest BCUT2D eigenvalue weighted by atomic mass is 9.93. The number of fused-ring (bicyclic) bond motifs is 1. The van der Waals surface area contributed by atoms with Gasteiger partial charge in [-0.25, -0.2) is 9.50 Å². The van der Waals surface area contributed by atoms with Crippen molar-refractivity contribution >= 4 is 11.6 Å². The van der Waals surface area contributed by atoms with Crippen LogP contribution in [0.5, 0.6) is 0 Å². The molecule has 0 radical (unpaired) electrons. The molecule has 1 fully saturated rings. The van der Waals surface area contributed by atoms with Gasteiger partial charge >= 0.3 is 0 Å². The Hall–Kier alpha value is -1.95. The zero-order chi connectivity index (χ0) is 13.4. The lowest BCUT2D eigenvalue weighted by Crippen LogP contribution is -2.28. The molecule has 3 N–H and O–H groups in total. The Bertz CT molecular complexity index is 627. The summed E-state index contributed by atoms with van der Waals surface area (Å²) in [6, 6.07) is 3.76. The van der Waals surface area contributed by atoms with Gasteiger partial charge in [0.25, 0.3) is 5.91 Å². The number of rotatable bonds is 2. The number of carbonyl (C=O) groups is 1. The summed E-state index contributed by atoms with van der Waals surface area (Å²) in [5.41, 5.74) is 8.29. The zero-order valence-corrected chi connectivity index (χ0v) is 10.9. The minimum atomic E-state index is -0.459. The van der Waals surface area contributed by atoms with Gasteiger partial charge in [-0.05, 0) is 45.0 Å². The number of primary amides is 1. The van der Waals surface area contributed by atoms with Gasteiger partial charge in [0, 0.05) is 5.92 Å². The Morgan fingerprint density at radius 1 is 1.42 bits per heavy atom. The second kappa shape index (κ2) is 4.62. The first kappa shape index (κ1) is 12.1. The highest BCUT2D eigenvalue weighted by Crippen LogP contribution is 2.27. The maximum Gasteiger partial charge on any atom is 0.269 e. The van der Waals surface area contributed by atoms with Crippen LogP contribution in [0.1, 0.15) is 40.6 Å². The number of nitrogens with one attached hydrogen (secondary N) is 1. The van der Waals surface area contributed by atoms with E-state index in [4.69, 9.17) is 5.73 Å². The van der Waals surface area contributed by atoms with Crippen molar-refractivity contribution in [2.24, 2.45) is 5.73 Å². The van der Waals surface area contributed by atoms with Gasteiger partial charge in [-0.2, -0.15) is 5.10 Å². The number of aromatic nitrogens is 3. The fourth-order valence-corrected chi connectivity index (χ4v) is 2.65. The molecule has 0 atom stereocenters. The van der Waals surface area contributed by atoms with Crippen LogP contribution in [0.15, 0.2) is 12.1 Å². The summed E-state index contributed by atoms with van der Waals surface area (Å²) in [5.74, 6) is -0.176. The molecule has 0 aromatic carbocycles. The van der Waals surface area contributed by atoms with Crippen molar-refractivity contribution in [2.45, 2.75) is 25.7 Å². The fourth-order valence-electron chi connectivity index (χ4n) is 2.65. The molecule has 2 aromatic heterocycles. The van der Waals surface area contributed by atoms with E-state index in [2.05, 4.69) is 15.4 Å². The molecule has 1 aliphatic rings. The van der Waals surface area contributed by atoms with Crippen LogP contribution in [0.3, 0.4) is 0 Å². The molecule has 0 bridgehead atoms. The van der Waals surface area contributed by atoms with E-state index < -0.39 is 5.91 Å². The van der Waals surface area contributed by atoms with Crippen molar-refractivity contribution in [2.75, 3.05) is 13.1 Å². The molecule has 0 aliphatic carbocycles. The number of amides is 1. The van der Waals surface area contributed by atoms with Crippen LogP contribution in [0.4, 0.5) is 0 Å². The molecule has 100 valence electrons. The fraction of sp³-hybridized carbons (Fsp3) is 0.462. The van der Waals surface area contributed by atoms with Crippen molar-refractivity contribution in [3.05, 3.63) is 29.2 Å². The highest BCUT2D eigenvalue weighted by Gasteiger charge is 2.26. The second-order valence-electron chi connectivity index (χ2n) is 4.98. The lowest BCUT2D eigenvalue weighted by molar-refractivity contribution is 0.0991. The van der Waals surface area contributed by atoms with E-state index in [1.807, 2.05) is 19.1 Å². The number of carbonyl (C=O) groups excluding carboxylic acids is 1. The van der Waals surface area contributed by atoms with E-state index in [1.54, 1.807) is 4.52 Å². The Morgan fingerprint density at radius 2 is 2.16 bits per heavy atom. The predicted molar refractivity (Wildman–Crippen MR) is 71.1 cm³/mol. The zero-order valence-electron chi connectivity index (χ0n) is 10.9. The van der Waals surface area contributed by atoms with E-state index in [-0.39, 0.29) is 5.92 Å². The largest absolute Gasteiger partial charge is 0.364 e. The summed E-state index contributed by atoms with van der Waals surface area (Å²) in [6.45, 7) is 3.78. The maximum atomic E-state index is 11.8. The quantitative estimate of drug-likeness (QED) is 0.827. The average Bonchev–Trinajstić information content (AvgIpc) is 2.78. The Balaban J connectivity index is 2.17. The van der Waals surface area contributed by atoms with Crippen LogP contribution in [0.25, 0.3) is 5.65 Å². The molecular formula is C13H17N5O. The van der Waals surface area contributed by atoms with E-state index in [0.717, 1.165) is 37.3 Å². The van der Waals surface area contributed by atoms with E-state index in [1.165, 1.54) is 0 Å². The molecular weight excluding hydrogens is 242 g/mol. The van der Waals surface area contributed by atoms with Gasteiger partial charge in [-0.15, -0.1) is 0 Å². The normalized spacial score (nSPS) is 16.9. The monoisotopic (exact) mass is 259 g/mol. The highest BCUT2D eigenvalue weighted by atomic mass is 16.1. The van der Waals surface area contributed by atoms with E-state index in [9.17, 15) is 4.79 Å². The summed E-state index contributed by atoms with van der Waals surface area (Å²) < 4.78 is 1.58. The number of nitrogens with two attached hydrogens (primary N) is 1. The van der Waals surface area contributed by atoms with Gasteiger partial charge in [0.15, 0.2) is 11.3 Å². The minimum Gasteiger partial charge on any atom is -0.364 e. The summed E-state index contributed by atoms with van der Waals surface area (Å²) in [4.78, 5) is 16.3. The van der Waals surface area contributed by atoms with Gasteiger partial charge in [0.05, 0.1) is 11.4 Å². The third-order valence-corrected chi connectivity index (χ3v) is 3.60. The molecule has 0 saturated carbocycles. The van der Waals surface area contributed by atoms with Gasteiger partial charge in [0.1, 0.15) is 0 Å². The van der Waals surface area contributed by atoms with Gasteiger partial charge in [-0.3, -0.25) is 4.79 Å². The molecule has 3 heterocycles.